The Labute approximate surface area is 129 Å². The summed E-state index contributed by atoms with van der Waals surface area (Å²) in [5.74, 6) is 0.572. The van der Waals surface area contributed by atoms with Crippen LogP contribution >= 0.6 is 0 Å². The maximum atomic E-state index is 12.6. The van der Waals surface area contributed by atoms with E-state index in [-0.39, 0.29) is 17.0 Å². The molecule has 3 N–H and O–H groups in total. The number of rotatable bonds is 6. The number of ether oxygens (including phenoxy) is 1. The van der Waals surface area contributed by atoms with Crippen LogP contribution in [0.2, 0.25) is 0 Å². The second kappa shape index (κ2) is 6.93. The van der Waals surface area contributed by atoms with Gasteiger partial charge in [0.15, 0.2) is 0 Å². The molecule has 0 aliphatic rings. The lowest BCUT2D eigenvalue weighted by atomic mass is 10.1. The van der Waals surface area contributed by atoms with Gasteiger partial charge in [0.2, 0.25) is 0 Å². The quantitative estimate of drug-likeness (QED) is 0.635. The number of nitrogens with zero attached hydrogens (tertiary/aromatic N) is 1. The number of nitrogen functional groups attached to an aromatic ring is 1. The van der Waals surface area contributed by atoms with Gasteiger partial charge in [0.05, 0.1) is 18.4 Å². The summed E-state index contributed by atoms with van der Waals surface area (Å²) >= 11 is 0. The zero-order valence-corrected chi connectivity index (χ0v) is 12.9. The topological polar surface area (TPSA) is 81.1 Å². The Balaban J connectivity index is 2.55. The van der Waals surface area contributed by atoms with E-state index in [9.17, 15) is 4.79 Å². The van der Waals surface area contributed by atoms with Crippen molar-refractivity contribution in [3.05, 3.63) is 52.3 Å². The summed E-state index contributed by atoms with van der Waals surface area (Å²) in [5, 5.41) is 7.53. The number of benzene rings is 1. The van der Waals surface area contributed by atoms with Crippen LogP contribution < -0.4 is 16.0 Å². The Morgan fingerprint density at radius 3 is 2.45 bits per heavy atom. The highest BCUT2D eigenvalue weighted by Gasteiger charge is 2.12. The molecule has 0 aliphatic heterocycles. The first kappa shape index (κ1) is 15.8. The standard InChI is InChI=1S/C17H21N3O2/c1-3-4-11-20-15(10-9-14(16(18)19)17(20)21)12-5-7-13(22-2)8-6-12/h5-10H,3-4,11H2,1-2H3,(H3,18,19). The van der Waals surface area contributed by atoms with Crippen molar-refractivity contribution < 1.29 is 4.74 Å². The zero-order valence-electron chi connectivity index (χ0n) is 12.9. The molecular weight excluding hydrogens is 278 g/mol. The number of amidine groups is 1. The molecule has 0 bridgehead atoms. The minimum atomic E-state index is -0.214. The number of methoxy groups -OCH3 is 1. The Kier molecular flexibility index (Phi) is 4.99. The van der Waals surface area contributed by atoms with Crippen molar-refractivity contribution >= 4 is 5.84 Å². The van der Waals surface area contributed by atoms with Crippen molar-refractivity contribution in [3.63, 3.8) is 0 Å². The molecule has 2 rings (SSSR count). The Morgan fingerprint density at radius 2 is 1.91 bits per heavy atom. The number of nitrogens with one attached hydrogen (secondary N) is 1. The summed E-state index contributed by atoms with van der Waals surface area (Å²) in [7, 11) is 1.62. The predicted molar refractivity (Wildman–Crippen MR) is 88.6 cm³/mol. The third-order valence-electron chi connectivity index (χ3n) is 3.59. The van der Waals surface area contributed by atoms with Gasteiger partial charge in [0.1, 0.15) is 11.6 Å². The Hall–Kier alpha value is -2.56. The molecule has 0 radical (unpaired) electrons. The largest absolute Gasteiger partial charge is 0.497 e. The summed E-state index contributed by atoms with van der Waals surface area (Å²) < 4.78 is 6.86. The molecule has 0 aliphatic carbocycles. The van der Waals surface area contributed by atoms with Crippen LogP contribution in [0.3, 0.4) is 0 Å². The summed E-state index contributed by atoms with van der Waals surface area (Å²) in [6.45, 7) is 2.69. The molecule has 0 amide bonds. The third kappa shape index (κ3) is 3.19. The van der Waals surface area contributed by atoms with Crippen molar-refractivity contribution in [1.82, 2.24) is 4.57 Å². The first-order valence-electron chi connectivity index (χ1n) is 7.31. The van der Waals surface area contributed by atoms with E-state index in [1.54, 1.807) is 17.7 Å². The maximum Gasteiger partial charge on any atom is 0.262 e. The highest BCUT2D eigenvalue weighted by Crippen LogP contribution is 2.22. The summed E-state index contributed by atoms with van der Waals surface area (Å²) in [6.07, 6.45) is 1.88. The molecule has 0 unspecified atom stereocenters. The van der Waals surface area contributed by atoms with Crippen LogP contribution in [0, 0.1) is 5.41 Å². The van der Waals surface area contributed by atoms with E-state index in [4.69, 9.17) is 15.9 Å². The third-order valence-corrected chi connectivity index (χ3v) is 3.59. The lowest BCUT2D eigenvalue weighted by Gasteiger charge is -2.14. The van der Waals surface area contributed by atoms with E-state index < -0.39 is 0 Å². The fourth-order valence-electron chi connectivity index (χ4n) is 2.34. The first-order valence-corrected chi connectivity index (χ1v) is 7.31. The highest BCUT2D eigenvalue weighted by molar-refractivity contribution is 5.94. The summed E-state index contributed by atoms with van der Waals surface area (Å²) in [4.78, 5) is 12.6. The highest BCUT2D eigenvalue weighted by atomic mass is 16.5. The summed E-state index contributed by atoms with van der Waals surface area (Å²) in [5.41, 5.74) is 7.28. The van der Waals surface area contributed by atoms with Gasteiger partial charge in [-0.2, -0.15) is 0 Å². The van der Waals surface area contributed by atoms with Gasteiger partial charge in [-0.3, -0.25) is 10.2 Å². The normalized spacial score (nSPS) is 10.5. The number of aromatic nitrogens is 1. The van der Waals surface area contributed by atoms with Gasteiger partial charge < -0.3 is 15.0 Å². The first-order chi connectivity index (χ1) is 10.6. The summed E-state index contributed by atoms with van der Waals surface area (Å²) in [6, 6.07) is 11.0. The van der Waals surface area contributed by atoms with Crippen LogP contribution in [-0.2, 0) is 6.54 Å². The van der Waals surface area contributed by atoms with Crippen LogP contribution in [0.1, 0.15) is 25.3 Å². The van der Waals surface area contributed by atoms with Crippen molar-refractivity contribution in [2.45, 2.75) is 26.3 Å². The fraction of sp³-hybridized carbons (Fsp3) is 0.294. The van der Waals surface area contributed by atoms with E-state index >= 15 is 0 Å². The molecule has 0 fully saturated rings. The van der Waals surface area contributed by atoms with Gasteiger partial charge in [-0.15, -0.1) is 0 Å². The van der Waals surface area contributed by atoms with Gasteiger partial charge in [0, 0.05) is 6.54 Å². The average molecular weight is 299 g/mol. The fourth-order valence-corrected chi connectivity index (χ4v) is 2.34. The molecule has 0 saturated carbocycles. The van der Waals surface area contributed by atoms with Gasteiger partial charge in [-0.05, 0) is 48.4 Å². The number of nitrogens with two attached hydrogens (primary N) is 1. The SMILES string of the molecule is CCCCn1c(-c2ccc(OC)cc2)ccc(C(=N)N)c1=O. The molecule has 22 heavy (non-hydrogen) atoms. The van der Waals surface area contributed by atoms with E-state index in [0.29, 0.717) is 6.54 Å². The van der Waals surface area contributed by atoms with Gasteiger partial charge >= 0.3 is 0 Å². The number of unbranched alkanes of at least 4 members (excludes halogenated alkanes) is 1. The number of pyridine rings is 1. The number of hydrogen-bond donors (Lipinski definition) is 2. The van der Waals surface area contributed by atoms with Crippen molar-refractivity contribution in [2.75, 3.05) is 7.11 Å². The molecule has 0 saturated heterocycles. The van der Waals surface area contributed by atoms with E-state index in [2.05, 4.69) is 6.92 Å². The van der Waals surface area contributed by atoms with E-state index in [0.717, 1.165) is 29.8 Å². The predicted octanol–water partition coefficient (Wildman–Crippen LogP) is 2.61. The second-order valence-electron chi connectivity index (χ2n) is 5.08. The minimum Gasteiger partial charge on any atom is -0.497 e. The van der Waals surface area contributed by atoms with Crippen LogP contribution in [0.5, 0.6) is 5.75 Å². The van der Waals surface area contributed by atoms with Crippen molar-refractivity contribution in [3.8, 4) is 17.0 Å². The van der Waals surface area contributed by atoms with Crippen LogP contribution in [0.4, 0.5) is 0 Å². The molecule has 0 spiro atoms. The van der Waals surface area contributed by atoms with Crippen LogP contribution in [0.25, 0.3) is 11.3 Å². The molecule has 1 aromatic heterocycles. The average Bonchev–Trinajstić information content (AvgIpc) is 2.53. The molecule has 2 aromatic rings. The van der Waals surface area contributed by atoms with Gasteiger partial charge in [-0.1, -0.05) is 13.3 Å². The molecule has 116 valence electrons. The van der Waals surface area contributed by atoms with E-state index in [1.165, 1.54) is 0 Å². The van der Waals surface area contributed by atoms with E-state index in [1.807, 2.05) is 30.3 Å². The molecule has 5 nitrogen and oxygen atoms in total. The molecule has 1 heterocycles. The van der Waals surface area contributed by atoms with Crippen molar-refractivity contribution in [1.29, 1.82) is 5.41 Å². The molecule has 0 atom stereocenters. The molecule has 5 heteroatoms. The minimum absolute atomic E-state index is 0.198. The van der Waals surface area contributed by atoms with Crippen LogP contribution in [-0.4, -0.2) is 17.5 Å². The molecular formula is C17H21N3O2. The van der Waals surface area contributed by atoms with Gasteiger partial charge in [-0.25, -0.2) is 0 Å². The zero-order chi connectivity index (χ0) is 16.1. The Bertz CT molecular complexity index is 718. The van der Waals surface area contributed by atoms with Crippen molar-refractivity contribution in [2.24, 2.45) is 5.73 Å². The maximum absolute atomic E-state index is 12.6. The molecule has 1 aromatic carbocycles. The monoisotopic (exact) mass is 299 g/mol. The van der Waals surface area contributed by atoms with Gasteiger partial charge in [0.25, 0.3) is 5.56 Å². The Morgan fingerprint density at radius 1 is 1.23 bits per heavy atom. The second-order valence-corrected chi connectivity index (χ2v) is 5.08. The number of hydrogen-bond acceptors (Lipinski definition) is 3. The van der Waals surface area contributed by atoms with Crippen LogP contribution in [0.15, 0.2) is 41.2 Å². The lowest BCUT2D eigenvalue weighted by molar-refractivity contribution is 0.415. The smallest absolute Gasteiger partial charge is 0.262 e. The lowest BCUT2D eigenvalue weighted by Crippen LogP contribution is -2.30.